The fourth-order valence-electron chi connectivity index (χ4n) is 12.0. The third-order valence-corrected chi connectivity index (χ3v) is 19.2. The molecule has 1 saturated heterocycles. The van der Waals surface area contributed by atoms with Gasteiger partial charge in [0.1, 0.15) is 66.5 Å². The summed E-state index contributed by atoms with van der Waals surface area (Å²) >= 11 is 1.41. The Morgan fingerprint density at radius 2 is 0.959 bits per heavy atom. The van der Waals surface area contributed by atoms with E-state index in [0.717, 1.165) is 35.7 Å². The molecule has 26 heteroatoms. The first-order chi connectivity index (χ1) is 44.8. The van der Waals surface area contributed by atoms with Crippen LogP contribution in [0.4, 0.5) is 0 Å². The number of nitrogens with zero attached hydrogens (tertiary/aromatic N) is 7. The largest absolute Gasteiger partial charge is 0.390 e. The van der Waals surface area contributed by atoms with Gasteiger partial charge >= 0.3 is 0 Å². The van der Waals surface area contributed by atoms with Gasteiger partial charge in [-0.3, -0.25) is 52.7 Å². The molecule has 0 aromatic carbocycles. The number of hydrogen-bond acceptors (Lipinski definition) is 15. The van der Waals surface area contributed by atoms with Crippen molar-refractivity contribution in [3.8, 4) is 0 Å². The molecule has 0 aliphatic carbocycles. The maximum atomic E-state index is 15.4. The van der Waals surface area contributed by atoms with Crippen molar-refractivity contribution >= 4 is 76.7 Å². The van der Waals surface area contributed by atoms with E-state index in [0.29, 0.717) is 11.7 Å². The van der Waals surface area contributed by atoms with Crippen molar-refractivity contribution in [2.45, 2.75) is 261 Å². The molecule has 1 rings (SSSR count). The summed E-state index contributed by atoms with van der Waals surface area (Å²) in [5.41, 5.74) is -1.58. The SMILES string of the molecule is C/C=C/C[C@@H](C)[C@@H](O)[C@H]1C(=O)N[C@@H](CC)C(=O)N(C)[C@H](CSCCCCNCC(C)C)C(=O)N(C)[C@@H](CC(C)(C)O)C(=O)N[C@@H](C(C)C)C(=O)N(C)[C@@H](CC(C)C)C(=O)N[C@@H](C)C(=O)N[C@H](C)C(=O)N(C)[C@@H](CC(C)C)C(=O)N(C)[C@@H](CC(C)C)C(=O)N(C)[C@@H](C(C)C)C(=O)N1C. The zero-order valence-corrected chi connectivity index (χ0v) is 64.9. The number of allylic oxidation sites excluding steroid dienone is 2. The predicted molar refractivity (Wildman–Crippen MR) is 383 cm³/mol. The summed E-state index contributed by atoms with van der Waals surface area (Å²) in [5.74, 6) is -9.17. The second-order valence-electron chi connectivity index (χ2n) is 30.1. The monoisotopic (exact) mass is 1390 g/mol. The van der Waals surface area contributed by atoms with Gasteiger partial charge in [-0.25, -0.2) is 0 Å². The molecule has 1 fully saturated rings. The zero-order valence-electron chi connectivity index (χ0n) is 64.0. The molecule has 0 bridgehead atoms. The number of unbranched alkanes of at least 4 members (excludes halogenated alkanes) is 1. The van der Waals surface area contributed by atoms with E-state index in [1.54, 1.807) is 54.5 Å². The topological polar surface area (TPSA) is 311 Å². The number of carbonyl (C=O) groups is 11. The lowest BCUT2D eigenvalue weighted by molar-refractivity contribution is -0.157. The average Bonchev–Trinajstić information content (AvgIpc) is 0.818. The van der Waals surface area contributed by atoms with Gasteiger partial charge in [0.15, 0.2) is 0 Å². The molecule has 97 heavy (non-hydrogen) atoms. The molecule has 13 atom stereocenters. The Morgan fingerprint density at radius 3 is 1.44 bits per heavy atom. The molecular formula is C71H130N12O13S. The van der Waals surface area contributed by atoms with Crippen LogP contribution in [-0.2, 0) is 52.7 Å². The van der Waals surface area contributed by atoms with Gasteiger partial charge in [0, 0.05) is 61.5 Å². The molecule has 0 radical (unpaired) electrons. The first kappa shape index (κ1) is 89.2. The second kappa shape index (κ2) is 41.6. The summed E-state index contributed by atoms with van der Waals surface area (Å²) in [6, 6.07) is -14.4. The van der Waals surface area contributed by atoms with Crippen LogP contribution < -0.4 is 26.6 Å². The fraction of sp³-hybridized carbons (Fsp3) is 0.817. The van der Waals surface area contributed by atoms with Crippen LogP contribution in [0.1, 0.15) is 183 Å². The van der Waals surface area contributed by atoms with Crippen molar-refractivity contribution in [3.63, 3.8) is 0 Å². The van der Waals surface area contributed by atoms with Crippen molar-refractivity contribution in [2.24, 2.45) is 41.4 Å². The van der Waals surface area contributed by atoms with E-state index in [9.17, 15) is 29.4 Å². The van der Waals surface area contributed by atoms with E-state index in [1.165, 1.54) is 113 Å². The summed E-state index contributed by atoms with van der Waals surface area (Å²) in [6.45, 7) is 34.9. The van der Waals surface area contributed by atoms with Gasteiger partial charge in [0.05, 0.1) is 11.7 Å². The number of aliphatic hydroxyl groups excluding tert-OH is 1. The Morgan fingerprint density at radius 1 is 0.505 bits per heavy atom. The number of carbonyl (C=O) groups excluding carboxylic acids is 11. The highest BCUT2D eigenvalue weighted by Gasteiger charge is 2.47. The van der Waals surface area contributed by atoms with E-state index in [1.807, 2.05) is 47.6 Å². The number of aliphatic hydroxyl groups is 2. The molecule has 1 aliphatic rings. The lowest BCUT2D eigenvalue weighted by atomic mass is 9.91. The lowest BCUT2D eigenvalue weighted by Gasteiger charge is -2.41. The summed E-state index contributed by atoms with van der Waals surface area (Å²) in [7, 11) is 9.91. The molecule has 7 N–H and O–H groups in total. The number of likely N-dealkylation sites (N-methyl/N-ethyl adjacent to an activating group) is 7. The minimum Gasteiger partial charge on any atom is -0.390 e. The minimum atomic E-state index is -1.66. The van der Waals surface area contributed by atoms with Crippen LogP contribution in [0.25, 0.3) is 0 Å². The van der Waals surface area contributed by atoms with Gasteiger partial charge in [-0.1, -0.05) is 109 Å². The standard InChI is InChI=1S/C71H130N12O13S/c1-27-29-32-47(15)59(84)58-63(88)75-50(28-2)65(90)81(24)55(40-97-34-31-30-33-72-39-44(9)10)68(93)80(23)54(38-71(18,19)96)62(87)76-56(45(11)12)69(94)77(20)51(35-41(3)4)61(86)73-48(16)60(85)74-49(17)64(89)78(21)52(36-42(5)6)66(91)79(22)53(37-43(7)8)67(92)82(25)57(46(13)14)70(95)83(58)26/h27,29,41-59,72,84,96H,28,30-40H2,1-26H3,(H,73,86)(H,74,85)(H,75,88)(H,76,87)/b29-27+/t47-,48+,49-,50+,51+,52+,53+,54+,55-,56+,57+,58+,59-/m1/s1. The number of nitrogens with one attached hydrogen (secondary N) is 5. The normalized spacial score (nSPS) is 26.0. The van der Waals surface area contributed by atoms with Crippen molar-refractivity contribution in [2.75, 3.05) is 73.9 Å². The van der Waals surface area contributed by atoms with Gasteiger partial charge in [-0.15, -0.1) is 0 Å². The van der Waals surface area contributed by atoms with Crippen LogP contribution in [0, 0.1) is 41.4 Å². The van der Waals surface area contributed by atoms with Crippen molar-refractivity contribution in [1.29, 1.82) is 0 Å². The molecule has 0 aromatic rings. The number of thioether (sulfide) groups is 1. The minimum absolute atomic E-state index is 0.0242. The van der Waals surface area contributed by atoms with E-state index in [4.69, 9.17) is 0 Å². The van der Waals surface area contributed by atoms with E-state index in [2.05, 4.69) is 40.4 Å². The molecule has 558 valence electrons. The Balaban J connectivity index is 4.55. The molecule has 0 aromatic heterocycles. The summed E-state index contributed by atoms with van der Waals surface area (Å²) in [5, 5.41) is 38.3. The van der Waals surface area contributed by atoms with Gasteiger partial charge < -0.3 is 71.1 Å². The van der Waals surface area contributed by atoms with E-state index >= 15 is 33.6 Å². The Kier molecular flexibility index (Phi) is 38.3. The smallest absolute Gasteiger partial charge is 0.246 e. The first-order valence-corrected chi connectivity index (χ1v) is 36.4. The molecule has 0 saturated carbocycles. The summed E-state index contributed by atoms with van der Waals surface area (Å²) in [4.78, 5) is 173. The van der Waals surface area contributed by atoms with E-state index < -0.39 is 161 Å². The third kappa shape index (κ3) is 27.3. The number of amides is 11. The molecule has 1 aliphatic heterocycles. The highest BCUT2D eigenvalue weighted by molar-refractivity contribution is 7.99. The Bertz CT molecular complexity index is 2620. The van der Waals surface area contributed by atoms with E-state index in [-0.39, 0.29) is 62.0 Å². The fourth-order valence-corrected chi connectivity index (χ4v) is 13.2. The molecule has 0 unspecified atom stereocenters. The quantitative estimate of drug-likeness (QED) is 0.0517. The van der Waals surface area contributed by atoms with Crippen LogP contribution in [0.2, 0.25) is 0 Å². The van der Waals surface area contributed by atoms with Crippen LogP contribution in [-0.4, -0.2) is 262 Å². The average molecular weight is 1390 g/mol. The van der Waals surface area contributed by atoms with Crippen LogP contribution in [0.3, 0.4) is 0 Å². The highest BCUT2D eigenvalue weighted by Crippen LogP contribution is 2.27. The first-order valence-electron chi connectivity index (χ1n) is 35.2. The summed E-state index contributed by atoms with van der Waals surface area (Å²) in [6.07, 6.45) is 3.96. The van der Waals surface area contributed by atoms with Gasteiger partial charge in [-0.05, 0) is 140 Å². The lowest BCUT2D eigenvalue weighted by Crippen LogP contribution is -2.64. The van der Waals surface area contributed by atoms with Crippen LogP contribution >= 0.6 is 11.8 Å². The van der Waals surface area contributed by atoms with Gasteiger partial charge in [-0.2, -0.15) is 11.8 Å². The number of hydrogen-bond donors (Lipinski definition) is 7. The molecular weight excluding hydrogens is 1260 g/mol. The number of rotatable bonds is 24. The maximum absolute atomic E-state index is 15.4. The van der Waals surface area contributed by atoms with Crippen LogP contribution in [0.5, 0.6) is 0 Å². The summed E-state index contributed by atoms with van der Waals surface area (Å²) < 4.78 is 0. The molecule has 1 heterocycles. The van der Waals surface area contributed by atoms with Gasteiger partial charge in [0.2, 0.25) is 65.0 Å². The maximum Gasteiger partial charge on any atom is 0.246 e. The van der Waals surface area contributed by atoms with Gasteiger partial charge in [0.25, 0.3) is 0 Å². The van der Waals surface area contributed by atoms with Crippen molar-refractivity contribution in [3.05, 3.63) is 12.2 Å². The zero-order chi connectivity index (χ0) is 75.0. The van der Waals surface area contributed by atoms with Crippen molar-refractivity contribution < 1.29 is 63.0 Å². The van der Waals surface area contributed by atoms with Crippen molar-refractivity contribution in [1.82, 2.24) is 60.9 Å². The Hall–Kier alpha value is -5.86. The Labute approximate surface area is 586 Å². The second-order valence-corrected chi connectivity index (χ2v) is 31.2. The molecule has 0 spiro atoms. The molecule has 11 amide bonds. The highest BCUT2D eigenvalue weighted by atomic mass is 32.2. The third-order valence-electron chi connectivity index (χ3n) is 18.1. The predicted octanol–water partition coefficient (Wildman–Crippen LogP) is 4.51. The van der Waals surface area contributed by atoms with Crippen LogP contribution in [0.15, 0.2) is 12.2 Å². The molecule has 25 nitrogen and oxygen atoms in total.